The van der Waals surface area contributed by atoms with Crippen LogP contribution in [0.2, 0.25) is 0 Å². The smallest absolute Gasteiger partial charge is 0.323 e. The van der Waals surface area contributed by atoms with Crippen LogP contribution in [0.15, 0.2) is 12.5 Å². The van der Waals surface area contributed by atoms with Gasteiger partial charge in [0.15, 0.2) is 0 Å². The fourth-order valence-corrected chi connectivity index (χ4v) is 2.37. The van der Waals surface area contributed by atoms with Gasteiger partial charge in [0.2, 0.25) is 5.91 Å². The Kier molecular flexibility index (Phi) is 12.1. The van der Waals surface area contributed by atoms with Crippen molar-refractivity contribution in [3.8, 4) is 0 Å². The Bertz CT molecular complexity index is 493. The standard InChI is InChI=1S/C18H32N4O4/c1-2-3-4-5-6-7-8-21-17(23)13-25-9-10-26-18(24)16(19)11-15-12-20-14-22-15/h12,14,16H,2-11,13,19H2,1H3,(H,20,22)(H,21,23). The Labute approximate surface area is 155 Å². The van der Waals surface area contributed by atoms with E-state index in [0.717, 1.165) is 18.5 Å². The molecule has 8 nitrogen and oxygen atoms in total. The molecule has 0 aliphatic heterocycles. The largest absolute Gasteiger partial charge is 0.462 e. The van der Waals surface area contributed by atoms with Crippen LogP contribution in [0.1, 0.15) is 51.1 Å². The highest BCUT2D eigenvalue weighted by Gasteiger charge is 2.16. The Morgan fingerprint density at radius 2 is 2.00 bits per heavy atom. The number of nitrogens with zero attached hydrogens (tertiary/aromatic N) is 1. The van der Waals surface area contributed by atoms with Crippen LogP contribution < -0.4 is 11.1 Å². The normalized spacial score (nSPS) is 11.9. The Morgan fingerprint density at radius 3 is 2.73 bits per heavy atom. The van der Waals surface area contributed by atoms with Crippen molar-refractivity contribution in [1.29, 1.82) is 0 Å². The highest BCUT2D eigenvalue weighted by molar-refractivity contribution is 5.77. The summed E-state index contributed by atoms with van der Waals surface area (Å²) in [5.74, 6) is -0.656. The number of H-pyrrole nitrogens is 1. The second-order valence-electron chi connectivity index (χ2n) is 6.23. The number of rotatable bonds is 15. The molecule has 0 spiro atoms. The number of imidazole rings is 1. The number of ether oxygens (including phenoxy) is 2. The van der Waals surface area contributed by atoms with E-state index in [9.17, 15) is 9.59 Å². The lowest BCUT2D eigenvalue weighted by Gasteiger charge is -2.11. The number of esters is 1. The summed E-state index contributed by atoms with van der Waals surface area (Å²) in [5, 5.41) is 2.82. The van der Waals surface area contributed by atoms with Crippen LogP contribution in [-0.4, -0.2) is 54.3 Å². The number of hydrogen-bond donors (Lipinski definition) is 3. The quantitative estimate of drug-likeness (QED) is 0.317. The first-order valence-corrected chi connectivity index (χ1v) is 9.37. The minimum Gasteiger partial charge on any atom is -0.462 e. The van der Waals surface area contributed by atoms with E-state index in [4.69, 9.17) is 15.2 Å². The van der Waals surface area contributed by atoms with Gasteiger partial charge in [0.1, 0.15) is 19.3 Å². The number of unbranched alkanes of at least 4 members (excludes halogenated alkanes) is 5. The number of amides is 1. The van der Waals surface area contributed by atoms with Crippen molar-refractivity contribution in [2.24, 2.45) is 5.73 Å². The van der Waals surface area contributed by atoms with Crippen LogP contribution in [-0.2, 0) is 25.5 Å². The SMILES string of the molecule is CCCCCCCCNC(=O)COCCOC(=O)C(N)Cc1cnc[nH]1. The number of carbonyl (C=O) groups is 2. The monoisotopic (exact) mass is 368 g/mol. The van der Waals surface area contributed by atoms with Crippen LogP contribution in [0.3, 0.4) is 0 Å². The van der Waals surface area contributed by atoms with Gasteiger partial charge in [-0.3, -0.25) is 9.59 Å². The van der Waals surface area contributed by atoms with E-state index < -0.39 is 12.0 Å². The maximum atomic E-state index is 11.7. The first kappa shape index (κ1) is 22.1. The van der Waals surface area contributed by atoms with Crippen molar-refractivity contribution >= 4 is 11.9 Å². The lowest BCUT2D eigenvalue weighted by atomic mass is 10.1. The number of nitrogens with one attached hydrogen (secondary N) is 2. The summed E-state index contributed by atoms with van der Waals surface area (Å²) in [6.45, 7) is 3.06. The molecule has 0 radical (unpaired) electrons. The van der Waals surface area contributed by atoms with Crippen LogP contribution in [0.5, 0.6) is 0 Å². The molecule has 0 aliphatic carbocycles. The highest BCUT2D eigenvalue weighted by Crippen LogP contribution is 2.04. The second kappa shape index (κ2) is 14.3. The minimum absolute atomic E-state index is 0.0341. The Balaban J connectivity index is 1.94. The van der Waals surface area contributed by atoms with Gasteiger partial charge in [0.25, 0.3) is 0 Å². The molecule has 8 heteroatoms. The summed E-state index contributed by atoms with van der Waals surface area (Å²) < 4.78 is 10.2. The molecule has 0 bridgehead atoms. The predicted molar refractivity (Wildman–Crippen MR) is 98.4 cm³/mol. The van der Waals surface area contributed by atoms with Gasteiger partial charge >= 0.3 is 5.97 Å². The molecule has 1 unspecified atom stereocenters. The number of aromatic amines is 1. The molecule has 1 aromatic heterocycles. The Morgan fingerprint density at radius 1 is 1.23 bits per heavy atom. The molecule has 0 aliphatic rings. The molecule has 148 valence electrons. The molecule has 1 atom stereocenters. The Hall–Kier alpha value is -1.93. The van der Waals surface area contributed by atoms with E-state index in [0.29, 0.717) is 13.0 Å². The average molecular weight is 368 g/mol. The summed E-state index contributed by atoms with van der Waals surface area (Å²) in [5.41, 5.74) is 6.52. The molecule has 1 aromatic rings. The molecule has 0 saturated heterocycles. The van der Waals surface area contributed by atoms with Crippen molar-refractivity contribution in [2.75, 3.05) is 26.4 Å². The summed E-state index contributed by atoms with van der Waals surface area (Å²) in [4.78, 5) is 30.0. The van der Waals surface area contributed by atoms with Crippen LogP contribution in [0.4, 0.5) is 0 Å². The zero-order valence-electron chi connectivity index (χ0n) is 15.7. The lowest BCUT2D eigenvalue weighted by Crippen LogP contribution is -2.35. The summed E-state index contributed by atoms with van der Waals surface area (Å²) in [7, 11) is 0. The van der Waals surface area contributed by atoms with E-state index in [1.165, 1.54) is 32.0 Å². The van der Waals surface area contributed by atoms with Crippen LogP contribution >= 0.6 is 0 Å². The molecule has 1 amide bonds. The second-order valence-corrected chi connectivity index (χ2v) is 6.23. The zero-order valence-corrected chi connectivity index (χ0v) is 15.7. The van der Waals surface area contributed by atoms with Gasteiger partial charge in [-0.25, -0.2) is 4.98 Å². The van der Waals surface area contributed by atoms with Crippen molar-refractivity contribution in [3.05, 3.63) is 18.2 Å². The summed E-state index contributed by atoms with van der Waals surface area (Å²) >= 11 is 0. The third-order valence-electron chi connectivity index (χ3n) is 3.86. The van der Waals surface area contributed by atoms with Gasteiger partial charge in [-0.05, 0) is 6.42 Å². The average Bonchev–Trinajstić information content (AvgIpc) is 3.13. The number of nitrogens with two attached hydrogens (primary N) is 1. The van der Waals surface area contributed by atoms with E-state index in [1.54, 1.807) is 6.20 Å². The molecule has 1 rings (SSSR count). The summed E-state index contributed by atoms with van der Waals surface area (Å²) in [6.07, 6.45) is 10.6. The van der Waals surface area contributed by atoms with Crippen molar-refractivity contribution in [1.82, 2.24) is 15.3 Å². The lowest BCUT2D eigenvalue weighted by molar-refractivity contribution is -0.147. The maximum absolute atomic E-state index is 11.7. The van der Waals surface area contributed by atoms with E-state index >= 15 is 0 Å². The van der Waals surface area contributed by atoms with Crippen molar-refractivity contribution < 1.29 is 19.1 Å². The fourth-order valence-electron chi connectivity index (χ4n) is 2.37. The molecular formula is C18H32N4O4. The third-order valence-corrected chi connectivity index (χ3v) is 3.86. The van der Waals surface area contributed by atoms with Gasteiger partial charge in [0.05, 0.1) is 12.9 Å². The molecule has 4 N–H and O–H groups in total. The van der Waals surface area contributed by atoms with Gasteiger partial charge in [-0.2, -0.15) is 0 Å². The first-order chi connectivity index (χ1) is 12.6. The van der Waals surface area contributed by atoms with Gasteiger partial charge in [-0.15, -0.1) is 0 Å². The zero-order chi connectivity index (χ0) is 19.0. The third kappa shape index (κ3) is 10.8. The number of hydrogen-bond acceptors (Lipinski definition) is 6. The van der Waals surface area contributed by atoms with Gasteiger partial charge < -0.3 is 25.5 Å². The highest BCUT2D eigenvalue weighted by atomic mass is 16.6. The molecular weight excluding hydrogens is 336 g/mol. The van der Waals surface area contributed by atoms with Crippen LogP contribution in [0, 0.1) is 0 Å². The topological polar surface area (TPSA) is 119 Å². The molecule has 26 heavy (non-hydrogen) atoms. The minimum atomic E-state index is -0.754. The number of carbonyl (C=O) groups excluding carboxylic acids is 2. The first-order valence-electron chi connectivity index (χ1n) is 9.37. The maximum Gasteiger partial charge on any atom is 0.323 e. The fraction of sp³-hybridized carbons (Fsp3) is 0.722. The van der Waals surface area contributed by atoms with Crippen molar-refractivity contribution in [2.45, 2.75) is 57.9 Å². The predicted octanol–water partition coefficient (Wildman–Crippen LogP) is 1.32. The van der Waals surface area contributed by atoms with Crippen molar-refractivity contribution in [3.63, 3.8) is 0 Å². The molecule has 0 aromatic carbocycles. The van der Waals surface area contributed by atoms with Gasteiger partial charge in [0, 0.05) is 24.9 Å². The molecule has 1 heterocycles. The van der Waals surface area contributed by atoms with E-state index in [-0.39, 0.29) is 25.7 Å². The number of aromatic nitrogens is 2. The summed E-state index contributed by atoms with van der Waals surface area (Å²) in [6, 6.07) is -0.754. The van der Waals surface area contributed by atoms with E-state index in [1.807, 2.05) is 0 Å². The molecule has 0 saturated carbocycles. The van der Waals surface area contributed by atoms with E-state index in [2.05, 4.69) is 22.2 Å². The van der Waals surface area contributed by atoms with Gasteiger partial charge in [-0.1, -0.05) is 39.0 Å². The molecule has 0 fully saturated rings. The van der Waals surface area contributed by atoms with Crippen LogP contribution in [0.25, 0.3) is 0 Å².